The van der Waals surface area contributed by atoms with Crippen molar-refractivity contribution in [3.8, 4) is 11.1 Å². The van der Waals surface area contributed by atoms with Gasteiger partial charge in [0.05, 0.1) is 0 Å². The Morgan fingerprint density at radius 2 is 1.53 bits per heavy atom. The van der Waals surface area contributed by atoms with E-state index in [4.69, 9.17) is 11.1 Å². The zero-order chi connectivity index (χ0) is 12.1. The number of thioether (sulfide) groups is 1. The smallest absolute Gasteiger partial charge is 0.151 e. The summed E-state index contributed by atoms with van der Waals surface area (Å²) < 4.78 is 0. The van der Waals surface area contributed by atoms with E-state index in [1.807, 2.05) is 18.2 Å². The van der Waals surface area contributed by atoms with Crippen LogP contribution in [0.5, 0.6) is 0 Å². The average Bonchev–Trinajstić information content (AvgIpc) is 2.38. The van der Waals surface area contributed by atoms with Crippen molar-refractivity contribution < 1.29 is 0 Å². The average molecular weight is 242 g/mol. The summed E-state index contributed by atoms with van der Waals surface area (Å²) in [5.74, 6) is 0.754. The fourth-order valence-electron chi connectivity index (χ4n) is 1.59. The molecule has 2 aromatic rings. The third kappa shape index (κ3) is 3.36. The van der Waals surface area contributed by atoms with Crippen LogP contribution >= 0.6 is 11.8 Å². The quantitative estimate of drug-likeness (QED) is 0.639. The molecule has 86 valence electrons. The van der Waals surface area contributed by atoms with Gasteiger partial charge in [-0.2, -0.15) is 0 Å². The maximum absolute atomic E-state index is 7.16. The molecule has 0 saturated carbocycles. The zero-order valence-electron chi connectivity index (χ0n) is 9.39. The maximum Gasteiger partial charge on any atom is 0.151 e. The Balaban J connectivity index is 2.11. The van der Waals surface area contributed by atoms with Gasteiger partial charge in [-0.15, -0.1) is 0 Å². The Bertz CT molecular complexity index is 491. The van der Waals surface area contributed by atoms with Crippen molar-refractivity contribution in [2.24, 2.45) is 5.73 Å². The summed E-state index contributed by atoms with van der Waals surface area (Å²) in [7, 11) is 0. The van der Waals surface area contributed by atoms with Gasteiger partial charge >= 0.3 is 0 Å². The number of hydrogen-bond donors (Lipinski definition) is 2. The Hall–Kier alpha value is -1.74. The lowest BCUT2D eigenvalue weighted by atomic mass is 10.0. The molecule has 0 saturated heterocycles. The van der Waals surface area contributed by atoms with E-state index in [-0.39, 0.29) is 5.17 Å². The summed E-state index contributed by atoms with van der Waals surface area (Å²) in [6.07, 6.45) is 0. The summed E-state index contributed by atoms with van der Waals surface area (Å²) in [6.45, 7) is 0. The predicted molar refractivity (Wildman–Crippen MR) is 75.1 cm³/mol. The van der Waals surface area contributed by atoms with Crippen LogP contribution in [0.4, 0.5) is 0 Å². The number of benzene rings is 2. The number of nitrogens with two attached hydrogens (primary N) is 1. The van der Waals surface area contributed by atoms with Gasteiger partial charge in [-0.3, -0.25) is 5.41 Å². The first-order chi connectivity index (χ1) is 8.25. The summed E-state index contributed by atoms with van der Waals surface area (Å²) in [5.41, 5.74) is 8.92. The molecule has 0 aliphatic heterocycles. The van der Waals surface area contributed by atoms with Crippen LogP contribution in [-0.4, -0.2) is 5.17 Å². The van der Waals surface area contributed by atoms with Crippen LogP contribution in [0.2, 0.25) is 0 Å². The molecule has 0 amide bonds. The van der Waals surface area contributed by atoms with Crippen molar-refractivity contribution in [2.75, 3.05) is 0 Å². The van der Waals surface area contributed by atoms with E-state index in [2.05, 4.69) is 36.4 Å². The van der Waals surface area contributed by atoms with Crippen LogP contribution in [0.1, 0.15) is 5.56 Å². The molecule has 0 aliphatic carbocycles. The normalized spacial score (nSPS) is 10.1. The van der Waals surface area contributed by atoms with Gasteiger partial charge in [0, 0.05) is 5.75 Å². The van der Waals surface area contributed by atoms with Gasteiger partial charge in [-0.05, 0) is 16.7 Å². The van der Waals surface area contributed by atoms with E-state index in [1.54, 1.807) is 0 Å². The van der Waals surface area contributed by atoms with E-state index in [9.17, 15) is 0 Å². The van der Waals surface area contributed by atoms with Crippen molar-refractivity contribution in [1.29, 1.82) is 5.41 Å². The monoisotopic (exact) mass is 242 g/mol. The van der Waals surface area contributed by atoms with E-state index in [1.165, 1.54) is 28.5 Å². The molecule has 0 aromatic heterocycles. The van der Waals surface area contributed by atoms with E-state index >= 15 is 0 Å². The molecular formula is C14H14N2S. The summed E-state index contributed by atoms with van der Waals surface area (Å²) in [6, 6.07) is 18.6. The SMILES string of the molecule is N=C(N)SCc1ccc(-c2ccccc2)cc1. The van der Waals surface area contributed by atoms with Gasteiger partial charge in [0.2, 0.25) is 0 Å². The highest BCUT2D eigenvalue weighted by Gasteiger charge is 1.98. The molecular weight excluding hydrogens is 228 g/mol. The van der Waals surface area contributed by atoms with Crippen molar-refractivity contribution in [2.45, 2.75) is 5.75 Å². The minimum absolute atomic E-state index is 0.164. The molecule has 0 atom stereocenters. The molecule has 17 heavy (non-hydrogen) atoms. The minimum atomic E-state index is 0.164. The highest BCUT2D eigenvalue weighted by Crippen LogP contribution is 2.20. The van der Waals surface area contributed by atoms with Crippen molar-refractivity contribution in [3.05, 3.63) is 60.2 Å². The van der Waals surface area contributed by atoms with Crippen LogP contribution in [0.25, 0.3) is 11.1 Å². The first-order valence-electron chi connectivity index (χ1n) is 5.37. The largest absolute Gasteiger partial charge is 0.379 e. The van der Waals surface area contributed by atoms with Gasteiger partial charge in [0.25, 0.3) is 0 Å². The van der Waals surface area contributed by atoms with Gasteiger partial charge in [-0.1, -0.05) is 66.4 Å². The van der Waals surface area contributed by atoms with Crippen LogP contribution in [0.3, 0.4) is 0 Å². The lowest BCUT2D eigenvalue weighted by Crippen LogP contribution is -2.03. The van der Waals surface area contributed by atoms with Gasteiger partial charge in [-0.25, -0.2) is 0 Å². The molecule has 2 rings (SSSR count). The van der Waals surface area contributed by atoms with Crippen molar-refractivity contribution in [3.63, 3.8) is 0 Å². The molecule has 0 fully saturated rings. The molecule has 3 heteroatoms. The third-order valence-corrected chi connectivity index (χ3v) is 3.24. The van der Waals surface area contributed by atoms with E-state index < -0.39 is 0 Å². The molecule has 0 spiro atoms. The molecule has 2 nitrogen and oxygen atoms in total. The highest BCUT2D eigenvalue weighted by atomic mass is 32.2. The standard InChI is InChI=1S/C14H14N2S/c15-14(16)17-10-11-6-8-13(9-7-11)12-4-2-1-3-5-12/h1-9H,10H2,(H3,15,16). The van der Waals surface area contributed by atoms with Gasteiger partial charge in [0.15, 0.2) is 5.17 Å². The molecule has 0 radical (unpaired) electrons. The zero-order valence-corrected chi connectivity index (χ0v) is 10.2. The fraction of sp³-hybridized carbons (Fsp3) is 0.0714. The first-order valence-corrected chi connectivity index (χ1v) is 6.35. The van der Waals surface area contributed by atoms with E-state index in [0.717, 1.165) is 5.75 Å². The Morgan fingerprint density at radius 1 is 0.941 bits per heavy atom. The number of nitrogens with one attached hydrogen (secondary N) is 1. The first kappa shape index (κ1) is 11.7. The molecule has 0 unspecified atom stereocenters. The molecule has 0 aliphatic rings. The maximum atomic E-state index is 7.16. The number of hydrogen-bond acceptors (Lipinski definition) is 2. The van der Waals surface area contributed by atoms with Gasteiger partial charge < -0.3 is 5.73 Å². The summed E-state index contributed by atoms with van der Waals surface area (Å²) in [5, 5.41) is 7.33. The molecule has 2 aromatic carbocycles. The van der Waals surface area contributed by atoms with Crippen LogP contribution in [-0.2, 0) is 5.75 Å². The molecule has 0 heterocycles. The number of rotatable bonds is 3. The van der Waals surface area contributed by atoms with Crippen molar-refractivity contribution in [1.82, 2.24) is 0 Å². The second-order valence-electron chi connectivity index (χ2n) is 3.72. The second-order valence-corrected chi connectivity index (χ2v) is 4.73. The predicted octanol–water partition coefficient (Wildman–Crippen LogP) is 3.48. The second kappa shape index (κ2) is 5.55. The van der Waals surface area contributed by atoms with E-state index in [0.29, 0.717) is 0 Å². The van der Waals surface area contributed by atoms with Crippen molar-refractivity contribution >= 4 is 16.9 Å². The van der Waals surface area contributed by atoms with Crippen LogP contribution in [0.15, 0.2) is 54.6 Å². The molecule has 0 bridgehead atoms. The summed E-state index contributed by atoms with van der Waals surface area (Å²) >= 11 is 1.35. The highest BCUT2D eigenvalue weighted by molar-refractivity contribution is 8.13. The van der Waals surface area contributed by atoms with Crippen LogP contribution in [0, 0.1) is 5.41 Å². The lowest BCUT2D eigenvalue weighted by Gasteiger charge is -2.03. The van der Waals surface area contributed by atoms with Gasteiger partial charge in [0.1, 0.15) is 0 Å². The fourth-order valence-corrected chi connectivity index (χ4v) is 2.10. The lowest BCUT2D eigenvalue weighted by molar-refractivity contribution is 1.41. The Morgan fingerprint density at radius 3 is 2.12 bits per heavy atom. The Labute approximate surface area is 105 Å². The van der Waals surface area contributed by atoms with Crippen LogP contribution < -0.4 is 5.73 Å². The third-order valence-electron chi connectivity index (χ3n) is 2.46. The molecule has 3 N–H and O–H groups in total. The number of amidine groups is 1. The minimum Gasteiger partial charge on any atom is -0.379 e. The summed E-state index contributed by atoms with van der Waals surface area (Å²) in [4.78, 5) is 0. The Kier molecular flexibility index (Phi) is 3.83. The topological polar surface area (TPSA) is 49.9 Å².